The molecule has 2 aliphatic rings. The summed E-state index contributed by atoms with van der Waals surface area (Å²) in [5.74, 6) is 4.20. The van der Waals surface area contributed by atoms with Crippen molar-refractivity contribution in [1.29, 1.82) is 0 Å². The zero-order valence-corrected chi connectivity index (χ0v) is 25.8. The van der Waals surface area contributed by atoms with Gasteiger partial charge in [-0.1, -0.05) is 23.4 Å². The average Bonchev–Trinajstić information content (AvgIpc) is 3.64. The topological polar surface area (TPSA) is 143 Å². The standard InChI is InChI=1S/C30H33ClF3N9O3/c1-40-24(22-18-43(11-3-2-8-35)39-25(22)30(32,33)34)17-37-26(40)27(44)38-20-4-5-21(23(31)16-20)29(46)42-14-12-41(13-15-42)28(45)19-6-9-36-10-7-19/h4-5,16-19,36H,6-15,35H2,1H3,(H,38,44). The third-order valence-corrected chi connectivity index (χ3v) is 8.30. The third-order valence-electron chi connectivity index (χ3n) is 7.99. The molecular weight excluding hydrogens is 627 g/mol. The molecule has 3 aromatic rings. The molecule has 0 saturated carbocycles. The molecule has 0 aliphatic carbocycles. The maximum absolute atomic E-state index is 13.8. The van der Waals surface area contributed by atoms with Crippen molar-refractivity contribution in [2.45, 2.75) is 25.6 Å². The number of benzene rings is 1. The average molecular weight is 660 g/mol. The molecule has 1 aromatic carbocycles. The molecule has 12 nitrogen and oxygen atoms in total. The number of rotatable bonds is 6. The number of hydrogen-bond donors (Lipinski definition) is 3. The maximum atomic E-state index is 13.8. The number of nitrogens with zero attached hydrogens (tertiary/aromatic N) is 6. The summed E-state index contributed by atoms with van der Waals surface area (Å²) in [6.45, 7) is 3.26. The first kappa shape index (κ1) is 33.0. The van der Waals surface area contributed by atoms with Crippen molar-refractivity contribution in [3.63, 3.8) is 0 Å². The van der Waals surface area contributed by atoms with Gasteiger partial charge in [-0.25, -0.2) is 4.98 Å². The van der Waals surface area contributed by atoms with Gasteiger partial charge in [0, 0.05) is 51.0 Å². The number of carbonyl (C=O) groups excluding carboxylic acids is 3. The molecule has 4 N–H and O–H groups in total. The smallest absolute Gasteiger partial charge is 0.339 e. The molecule has 16 heteroatoms. The Morgan fingerprint density at radius 1 is 1.11 bits per heavy atom. The van der Waals surface area contributed by atoms with Crippen LogP contribution in [0, 0.1) is 17.8 Å². The second-order valence-corrected chi connectivity index (χ2v) is 11.4. The molecule has 2 aliphatic heterocycles. The van der Waals surface area contributed by atoms with Gasteiger partial charge in [0.2, 0.25) is 5.91 Å². The van der Waals surface area contributed by atoms with Gasteiger partial charge in [0.15, 0.2) is 11.5 Å². The van der Waals surface area contributed by atoms with Crippen LogP contribution in [-0.4, -0.2) is 92.7 Å². The van der Waals surface area contributed by atoms with Gasteiger partial charge < -0.3 is 30.7 Å². The predicted molar refractivity (Wildman–Crippen MR) is 164 cm³/mol. The Morgan fingerprint density at radius 3 is 2.46 bits per heavy atom. The summed E-state index contributed by atoms with van der Waals surface area (Å²) < 4.78 is 43.6. The number of amides is 3. The predicted octanol–water partition coefficient (Wildman–Crippen LogP) is 2.45. The fourth-order valence-corrected chi connectivity index (χ4v) is 5.82. The zero-order valence-electron chi connectivity index (χ0n) is 25.0. The highest BCUT2D eigenvalue weighted by molar-refractivity contribution is 6.34. The Balaban J connectivity index is 1.24. The minimum absolute atomic E-state index is 0.0151. The number of nitrogens with two attached hydrogens (primary N) is 1. The lowest BCUT2D eigenvalue weighted by Gasteiger charge is -2.37. The van der Waals surface area contributed by atoms with Crippen LogP contribution in [0.3, 0.4) is 0 Å². The lowest BCUT2D eigenvalue weighted by atomic mass is 9.96. The number of hydrogen-bond acceptors (Lipinski definition) is 7. The van der Waals surface area contributed by atoms with E-state index in [1.165, 1.54) is 36.0 Å². The van der Waals surface area contributed by atoms with E-state index in [0.29, 0.717) is 26.2 Å². The highest BCUT2D eigenvalue weighted by atomic mass is 35.5. The quantitative estimate of drug-likeness (QED) is 0.345. The number of aromatic nitrogens is 4. The van der Waals surface area contributed by atoms with Gasteiger partial charge in [0.25, 0.3) is 11.8 Å². The Morgan fingerprint density at radius 2 is 1.80 bits per heavy atom. The van der Waals surface area contributed by atoms with Crippen molar-refractivity contribution in [3.8, 4) is 23.1 Å². The molecule has 5 rings (SSSR count). The fourth-order valence-electron chi connectivity index (χ4n) is 5.56. The van der Waals surface area contributed by atoms with Crippen molar-refractivity contribution in [3.05, 3.63) is 52.7 Å². The molecule has 4 heterocycles. The van der Waals surface area contributed by atoms with Gasteiger partial charge in [-0.3, -0.25) is 19.1 Å². The first-order valence-corrected chi connectivity index (χ1v) is 15.1. The number of piperidine rings is 1. The van der Waals surface area contributed by atoms with Crippen LogP contribution in [0.2, 0.25) is 5.02 Å². The van der Waals surface area contributed by atoms with E-state index in [1.807, 2.05) is 4.90 Å². The van der Waals surface area contributed by atoms with Gasteiger partial charge in [-0.15, -0.1) is 0 Å². The van der Waals surface area contributed by atoms with E-state index < -0.39 is 17.8 Å². The molecule has 0 spiro atoms. The largest absolute Gasteiger partial charge is 0.435 e. The molecule has 2 saturated heterocycles. The van der Waals surface area contributed by atoms with E-state index in [-0.39, 0.29) is 64.2 Å². The van der Waals surface area contributed by atoms with Crippen LogP contribution in [0.5, 0.6) is 0 Å². The van der Waals surface area contributed by atoms with Crippen LogP contribution in [0.25, 0.3) is 11.3 Å². The van der Waals surface area contributed by atoms with E-state index >= 15 is 0 Å². The normalized spacial score (nSPS) is 15.8. The highest BCUT2D eigenvalue weighted by Crippen LogP contribution is 2.36. The van der Waals surface area contributed by atoms with E-state index in [1.54, 1.807) is 4.90 Å². The van der Waals surface area contributed by atoms with E-state index in [2.05, 4.69) is 32.6 Å². The van der Waals surface area contributed by atoms with Crippen LogP contribution in [-0.2, 0) is 24.6 Å². The van der Waals surface area contributed by atoms with E-state index in [0.717, 1.165) is 36.8 Å². The van der Waals surface area contributed by atoms with Crippen molar-refractivity contribution < 1.29 is 27.6 Å². The number of nitrogens with one attached hydrogen (secondary N) is 2. The van der Waals surface area contributed by atoms with Crippen LogP contribution >= 0.6 is 11.6 Å². The van der Waals surface area contributed by atoms with Crippen molar-refractivity contribution in [2.75, 3.05) is 51.1 Å². The molecule has 0 bridgehead atoms. The lowest BCUT2D eigenvalue weighted by Crippen LogP contribution is -2.52. The van der Waals surface area contributed by atoms with Crippen LogP contribution in [0.4, 0.5) is 18.9 Å². The lowest BCUT2D eigenvalue weighted by molar-refractivity contribution is -0.141. The first-order valence-electron chi connectivity index (χ1n) is 14.7. The Bertz CT molecular complexity index is 1680. The van der Waals surface area contributed by atoms with Crippen molar-refractivity contribution in [2.24, 2.45) is 18.7 Å². The summed E-state index contributed by atoms with van der Waals surface area (Å²) in [5, 5.41) is 9.63. The summed E-state index contributed by atoms with van der Waals surface area (Å²) in [7, 11) is 1.41. The Labute approximate surface area is 268 Å². The number of alkyl halides is 3. The number of imidazole rings is 1. The van der Waals surface area contributed by atoms with Gasteiger partial charge in [-0.2, -0.15) is 18.3 Å². The van der Waals surface area contributed by atoms with Gasteiger partial charge in [0.05, 0.1) is 34.6 Å². The SMILES string of the molecule is Cn1c(-c2cn(CC#CCN)nc2C(F)(F)F)cnc1C(=O)Nc1ccc(C(=O)N2CCN(C(=O)C3CCNCC3)CC2)c(Cl)c1. The van der Waals surface area contributed by atoms with Crippen molar-refractivity contribution in [1.82, 2.24) is 34.4 Å². The second-order valence-electron chi connectivity index (χ2n) is 11.0. The summed E-state index contributed by atoms with van der Waals surface area (Å²) in [6.07, 6.45) is -0.787. The van der Waals surface area contributed by atoms with E-state index in [9.17, 15) is 27.6 Å². The molecule has 46 heavy (non-hydrogen) atoms. The molecule has 0 atom stereocenters. The number of halogens is 4. The van der Waals surface area contributed by atoms with Gasteiger partial charge in [-0.05, 0) is 44.1 Å². The number of anilines is 1. The second kappa shape index (κ2) is 13.9. The van der Waals surface area contributed by atoms with E-state index in [4.69, 9.17) is 17.3 Å². The summed E-state index contributed by atoms with van der Waals surface area (Å²) in [5.41, 5.74) is 4.43. The van der Waals surface area contributed by atoms with Gasteiger partial charge >= 0.3 is 6.18 Å². The monoisotopic (exact) mass is 659 g/mol. The number of piperazine rings is 1. The Hall–Kier alpha value is -4.39. The van der Waals surface area contributed by atoms with Crippen LogP contribution in [0.15, 0.2) is 30.6 Å². The first-order chi connectivity index (χ1) is 22.0. The third kappa shape index (κ3) is 7.19. The molecule has 244 valence electrons. The Kier molecular flexibility index (Phi) is 10.00. The van der Waals surface area contributed by atoms with Crippen LogP contribution < -0.4 is 16.4 Å². The summed E-state index contributed by atoms with van der Waals surface area (Å²) >= 11 is 6.45. The molecule has 2 fully saturated rings. The summed E-state index contributed by atoms with van der Waals surface area (Å²) in [6, 6.07) is 4.42. The highest BCUT2D eigenvalue weighted by Gasteiger charge is 2.38. The zero-order chi connectivity index (χ0) is 33.0. The maximum Gasteiger partial charge on any atom is 0.435 e. The molecule has 3 amide bonds. The van der Waals surface area contributed by atoms with Gasteiger partial charge in [0.1, 0.15) is 6.54 Å². The molecule has 0 radical (unpaired) electrons. The minimum atomic E-state index is -4.76. The van der Waals surface area contributed by atoms with Crippen molar-refractivity contribution >= 4 is 35.0 Å². The fraction of sp³-hybridized carbons (Fsp3) is 0.433. The number of carbonyl (C=O) groups is 3. The minimum Gasteiger partial charge on any atom is -0.339 e. The van der Waals surface area contributed by atoms with Crippen LogP contribution in [0.1, 0.15) is 39.5 Å². The molecule has 2 aromatic heterocycles. The molecular formula is C30H33ClF3N9O3. The summed E-state index contributed by atoms with van der Waals surface area (Å²) in [4.78, 5) is 46.7. The molecule has 0 unspecified atom stereocenters.